The summed E-state index contributed by atoms with van der Waals surface area (Å²) in [6, 6.07) is 4.98. The molecule has 2 rings (SSSR count). The van der Waals surface area contributed by atoms with Crippen LogP contribution in [0.5, 0.6) is 11.5 Å². The summed E-state index contributed by atoms with van der Waals surface area (Å²) >= 11 is 0. The minimum Gasteiger partial charge on any atom is -0.494 e. The van der Waals surface area contributed by atoms with E-state index in [2.05, 4.69) is 14.7 Å². The van der Waals surface area contributed by atoms with E-state index in [4.69, 9.17) is 9.47 Å². The number of nitrogens with zero attached hydrogens (tertiary/aromatic N) is 1. The summed E-state index contributed by atoms with van der Waals surface area (Å²) in [5, 5.41) is -0.0215. The average molecular weight is 311 g/mol. The van der Waals surface area contributed by atoms with Crippen LogP contribution in [0, 0.1) is 0 Å². The van der Waals surface area contributed by atoms with E-state index in [-0.39, 0.29) is 5.03 Å². The van der Waals surface area contributed by atoms with Gasteiger partial charge in [-0.3, -0.25) is 4.72 Å². The lowest BCUT2D eigenvalue weighted by Gasteiger charge is -2.13. The highest BCUT2D eigenvalue weighted by atomic mass is 32.2. The maximum Gasteiger partial charge on any atom is 0.279 e. The van der Waals surface area contributed by atoms with Crippen molar-refractivity contribution in [3.63, 3.8) is 0 Å². The molecule has 0 atom stereocenters. The number of benzene rings is 1. The Bertz CT molecular complexity index is 683. The van der Waals surface area contributed by atoms with Crippen LogP contribution in [0.1, 0.15) is 13.8 Å². The largest absolute Gasteiger partial charge is 0.494 e. The molecule has 0 saturated heterocycles. The van der Waals surface area contributed by atoms with Crippen molar-refractivity contribution < 1.29 is 17.9 Å². The molecule has 7 nitrogen and oxygen atoms in total. The van der Waals surface area contributed by atoms with E-state index in [0.29, 0.717) is 30.4 Å². The normalized spacial score (nSPS) is 11.1. The third kappa shape index (κ3) is 3.66. The quantitative estimate of drug-likeness (QED) is 0.816. The number of H-pyrrole nitrogens is 1. The van der Waals surface area contributed by atoms with E-state index in [1.165, 1.54) is 12.5 Å². The Labute approximate surface area is 123 Å². The monoisotopic (exact) mass is 311 g/mol. The van der Waals surface area contributed by atoms with Crippen molar-refractivity contribution in [2.45, 2.75) is 18.9 Å². The first-order valence-corrected chi connectivity index (χ1v) is 7.96. The molecule has 0 unspecified atom stereocenters. The van der Waals surface area contributed by atoms with E-state index in [1.54, 1.807) is 18.2 Å². The molecule has 0 radical (unpaired) electrons. The second-order valence-corrected chi connectivity index (χ2v) is 5.70. The van der Waals surface area contributed by atoms with Crippen LogP contribution in [0.4, 0.5) is 5.69 Å². The van der Waals surface area contributed by atoms with Crippen LogP contribution in [-0.2, 0) is 10.0 Å². The zero-order valence-corrected chi connectivity index (χ0v) is 12.6. The van der Waals surface area contributed by atoms with Gasteiger partial charge in [0.2, 0.25) is 0 Å². The third-order valence-corrected chi connectivity index (χ3v) is 3.86. The molecular weight excluding hydrogens is 294 g/mol. The van der Waals surface area contributed by atoms with E-state index in [9.17, 15) is 8.42 Å². The van der Waals surface area contributed by atoms with Gasteiger partial charge in [0.05, 0.1) is 31.4 Å². The van der Waals surface area contributed by atoms with Gasteiger partial charge in [-0.25, -0.2) is 4.98 Å². The summed E-state index contributed by atoms with van der Waals surface area (Å²) < 4.78 is 37.7. The summed E-state index contributed by atoms with van der Waals surface area (Å²) in [6.07, 6.45) is 2.53. The van der Waals surface area contributed by atoms with Gasteiger partial charge in [-0.05, 0) is 26.0 Å². The minimum atomic E-state index is -3.75. The number of aromatic nitrogens is 2. The highest BCUT2D eigenvalue weighted by Crippen LogP contribution is 2.31. The number of nitrogens with one attached hydrogen (secondary N) is 2. The topological polar surface area (TPSA) is 93.3 Å². The van der Waals surface area contributed by atoms with Crippen LogP contribution in [-0.4, -0.2) is 31.6 Å². The Hall–Kier alpha value is -2.22. The van der Waals surface area contributed by atoms with Crippen LogP contribution in [0.3, 0.4) is 0 Å². The molecule has 0 bridgehead atoms. The lowest BCUT2D eigenvalue weighted by Crippen LogP contribution is -2.14. The number of hydrogen-bond acceptors (Lipinski definition) is 5. The molecule has 0 aliphatic carbocycles. The number of rotatable bonds is 7. The molecule has 114 valence electrons. The van der Waals surface area contributed by atoms with Gasteiger partial charge in [0.25, 0.3) is 10.0 Å². The molecule has 1 heterocycles. The molecule has 0 fully saturated rings. The first kappa shape index (κ1) is 15.2. The van der Waals surface area contributed by atoms with Crippen molar-refractivity contribution in [3.8, 4) is 11.5 Å². The molecule has 0 aliphatic heterocycles. The molecule has 0 saturated carbocycles. The van der Waals surface area contributed by atoms with Crippen molar-refractivity contribution in [1.82, 2.24) is 9.97 Å². The maximum absolute atomic E-state index is 12.2. The van der Waals surface area contributed by atoms with E-state index in [0.717, 1.165) is 0 Å². The molecule has 2 N–H and O–H groups in total. The molecule has 0 amide bonds. The summed E-state index contributed by atoms with van der Waals surface area (Å²) in [4.78, 5) is 6.26. The van der Waals surface area contributed by atoms with E-state index >= 15 is 0 Å². The SMILES string of the molecule is CCOc1ccc(OCC)c(NS(=O)(=O)c2cnc[nH]2)c1. The molecular formula is C13H17N3O4S. The fourth-order valence-corrected chi connectivity index (χ4v) is 2.68. The summed E-state index contributed by atoms with van der Waals surface area (Å²) in [7, 11) is -3.75. The van der Waals surface area contributed by atoms with Crippen molar-refractivity contribution in [2.75, 3.05) is 17.9 Å². The molecule has 8 heteroatoms. The lowest BCUT2D eigenvalue weighted by molar-refractivity contribution is 0.332. The second-order valence-electron chi connectivity index (χ2n) is 4.05. The predicted molar refractivity (Wildman–Crippen MR) is 78.2 cm³/mol. The van der Waals surface area contributed by atoms with E-state index < -0.39 is 10.0 Å². The first-order valence-electron chi connectivity index (χ1n) is 6.47. The third-order valence-electron chi connectivity index (χ3n) is 2.57. The number of aromatic amines is 1. The Balaban J connectivity index is 2.34. The first-order chi connectivity index (χ1) is 10.1. The highest BCUT2D eigenvalue weighted by Gasteiger charge is 2.18. The average Bonchev–Trinajstić information content (AvgIpc) is 2.97. The Morgan fingerprint density at radius 2 is 2.00 bits per heavy atom. The van der Waals surface area contributed by atoms with Gasteiger partial charge in [-0.15, -0.1) is 0 Å². The molecule has 2 aromatic rings. The molecule has 21 heavy (non-hydrogen) atoms. The number of hydrogen-bond donors (Lipinski definition) is 2. The van der Waals surface area contributed by atoms with Gasteiger partial charge in [0, 0.05) is 6.07 Å². The van der Waals surface area contributed by atoms with Crippen LogP contribution >= 0.6 is 0 Å². The van der Waals surface area contributed by atoms with Crippen molar-refractivity contribution >= 4 is 15.7 Å². The van der Waals surface area contributed by atoms with Gasteiger partial charge < -0.3 is 14.5 Å². The van der Waals surface area contributed by atoms with Crippen molar-refractivity contribution in [1.29, 1.82) is 0 Å². The standard InChI is InChI=1S/C13H17N3O4S/c1-3-19-10-5-6-12(20-4-2)11(7-10)16-21(17,18)13-8-14-9-15-13/h5-9,16H,3-4H2,1-2H3,(H,14,15). The van der Waals surface area contributed by atoms with Crippen LogP contribution < -0.4 is 14.2 Å². The maximum atomic E-state index is 12.2. The number of anilines is 1. The van der Waals surface area contributed by atoms with Gasteiger partial charge in [-0.1, -0.05) is 0 Å². The molecule has 0 aliphatic rings. The Kier molecular flexibility index (Phi) is 4.69. The fourth-order valence-electron chi connectivity index (χ4n) is 1.72. The molecule has 1 aromatic heterocycles. The van der Waals surface area contributed by atoms with Crippen LogP contribution in [0.2, 0.25) is 0 Å². The van der Waals surface area contributed by atoms with Crippen LogP contribution in [0.15, 0.2) is 35.7 Å². The fraction of sp³-hybridized carbons (Fsp3) is 0.308. The van der Waals surface area contributed by atoms with Crippen molar-refractivity contribution in [2.24, 2.45) is 0 Å². The number of ether oxygens (including phenoxy) is 2. The van der Waals surface area contributed by atoms with Gasteiger partial charge in [0.15, 0.2) is 5.03 Å². The zero-order chi connectivity index (χ0) is 15.3. The summed E-state index contributed by atoms with van der Waals surface area (Å²) in [5.74, 6) is 0.993. The lowest BCUT2D eigenvalue weighted by atomic mass is 10.3. The van der Waals surface area contributed by atoms with Gasteiger partial charge in [0.1, 0.15) is 11.5 Å². The summed E-state index contributed by atoms with van der Waals surface area (Å²) in [5.41, 5.74) is 0.317. The smallest absolute Gasteiger partial charge is 0.279 e. The number of imidazole rings is 1. The second kappa shape index (κ2) is 6.49. The molecule has 0 spiro atoms. The molecule has 1 aromatic carbocycles. The zero-order valence-electron chi connectivity index (χ0n) is 11.8. The van der Waals surface area contributed by atoms with Gasteiger partial charge in [-0.2, -0.15) is 8.42 Å². The Morgan fingerprint density at radius 3 is 2.62 bits per heavy atom. The summed E-state index contributed by atoms with van der Waals surface area (Å²) in [6.45, 7) is 4.59. The number of sulfonamides is 1. The minimum absolute atomic E-state index is 0.0215. The van der Waals surface area contributed by atoms with Gasteiger partial charge >= 0.3 is 0 Å². The Morgan fingerprint density at radius 1 is 1.24 bits per heavy atom. The predicted octanol–water partition coefficient (Wildman–Crippen LogP) is 2.01. The highest BCUT2D eigenvalue weighted by molar-refractivity contribution is 7.92. The van der Waals surface area contributed by atoms with E-state index in [1.807, 2.05) is 13.8 Å². The van der Waals surface area contributed by atoms with Crippen molar-refractivity contribution in [3.05, 3.63) is 30.7 Å². The van der Waals surface area contributed by atoms with Crippen LogP contribution in [0.25, 0.3) is 0 Å².